The average Bonchev–Trinajstić information content (AvgIpc) is 2.37. The van der Waals surface area contributed by atoms with E-state index in [9.17, 15) is 4.79 Å². The lowest BCUT2D eigenvalue weighted by atomic mass is 10.1. The highest BCUT2D eigenvalue weighted by atomic mass is 16.5. The van der Waals surface area contributed by atoms with Crippen LogP contribution in [0.3, 0.4) is 0 Å². The molecule has 1 rings (SSSR count). The molecule has 0 aromatic carbocycles. The molecule has 0 fully saturated rings. The first kappa shape index (κ1) is 13.5. The van der Waals surface area contributed by atoms with Gasteiger partial charge >= 0.3 is 0 Å². The molecule has 1 amide bonds. The molecule has 0 unspecified atom stereocenters. The highest BCUT2D eigenvalue weighted by molar-refractivity contribution is 5.94. The maximum absolute atomic E-state index is 11.3. The number of rotatable bonds is 4. The second-order valence-electron chi connectivity index (χ2n) is 3.68. The van der Waals surface area contributed by atoms with Crippen LogP contribution in [0.15, 0.2) is 23.8 Å². The van der Waals surface area contributed by atoms with Crippen molar-refractivity contribution >= 4 is 5.91 Å². The van der Waals surface area contributed by atoms with Crippen molar-refractivity contribution in [3.8, 4) is 11.8 Å². The van der Waals surface area contributed by atoms with Crippen LogP contribution in [0.1, 0.15) is 12.8 Å². The van der Waals surface area contributed by atoms with Crippen molar-refractivity contribution in [2.45, 2.75) is 18.9 Å². The van der Waals surface area contributed by atoms with E-state index in [0.717, 1.165) is 18.4 Å². The van der Waals surface area contributed by atoms with E-state index in [0.29, 0.717) is 13.1 Å². The smallest absolute Gasteiger partial charge is 0.296 e. The number of nitrogens with one attached hydrogen (secondary N) is 1. The summed E-state index contributed by atoms with van der Waals surface area (Å²) in [5.74, 6) is 5.08. The standard InChI is InChI=1S/C13H18N2O2/c1-17-12-5-2-4-11(10-12)6-7-13(16)15-9-3-8-14/h2,4,10,12H,3,5,8-9,14H2,1H3,(H,15,16)/t12-/m0/s1. The molecule has 3 N–H and O–H groups in total. The highest BCUT2D eigenvalue weighted by Gasteiger charge is 2.06. The summed E-state index contributed by atoms with van der Waals surface area (Å²) >= 11 is 0. The van der Waals surface area contributed by atoms with Gasteiger partial charge in [-0.25, -0.2) is 0 Å². The van der Waals surface area contributed by atoms with Gasteiger partial charge in [0.05, 0.1) is 6.10 Å². The molecular weight excluding hydrogens is 216 g/mol. The Labute approximate surface area is 102 Å². The zero-order valence-electron chi connectivity index (χ0n) is 10.0. The maximum atomic E-state index is 11.3. The third-order valence-electron chi connectivity index (χ3n) is 2.32. The van der Waals surface area contributed by atoms with Gasteiger partial charge in [0.25, 0.3) is 5.91 Å². The van der Waals surface area contributed by atoms with Crippen LogP contribution in [-0.4, -0.2) is 32.2 Å². The molecule has 4 heteroatoms. The number of allylic oxidation sites excluding steroid dienone is 2. The molecule has 0 bridgehead atoms. The Morgan fingerprint density at radius 1 is 1.71 bits per heavy atom. The summed E-state index contributed by atoms with van der Waals surface area (Å²) in [6, 6.07) is 0. The molecule has 1 atom stereocenters. The molecule has 0 radical (unpaired) electrons. The normalized spacial score (nSPS) is 18.0. The van der Waals surface area contributed by atoms with Crippen molar-refractivity contribution in [1.82, 2.24) is 5.32 Å². The number of amides is 1. The van der Waals surface area contributed by atoms with E-state index in [1.165, 1.54) is 0 Å². The van der Waals surface area contributed by atoms with Crippen LogP contribution in [0.2, 0.25) is 0 Å². The Hall–Kier alpha value is -1.57. The summed E-state index contributed by atoms with van der Waals surface area (Å²) in [5.41, 5.74) is 6.13. The van der Waals surface area contributed by atoms with Crippen LogP contribution in [0.4, 0.5) is 0 Å². The molecule has 92 valence electrons. The van der Waals surface area contributed by atoms with Crippen molar-refractivity contribution in [2.75, 3.05) is 20.2 Å². The molecule has 17 heavy (non-hydrogen) atoms. The fourth-order valence-electron chi connectivity index (χ4n) is 1.38. The molecule has 1 aliphatic carbocycles. The van der Waals surface area contributed by atoms with Gasteiger partial charge in [0, 0.05) is 25.1 Å². The van der Waals surface area contributed by atoms with Gasteiger partial charge in [-0.3, -0.25) is 4.79 Å². The van der Waals surface area contributed by atoms with Crippen molar-refractivity contribution in [1.29, 1.82) is 0 Å². The average molecular weight is 234 g/mol. The third kappa shape index (κ3) is 5.34. The fourth-order valence-corrected chi connectivity index (χ4v) is 1.38. The Morgan fingerprint density at radius 3 is 3.24 bits per heavy atom. The van der Waals surface area contributed by atoms with Crippen molar-refractivity contribution in [3.05, 3.63) is 23.8 Å². The molecular formula is C13H18N2O2. The van der Waals surface area contributed by atoms with Crippen LogP contribution < -0.4 is 11.1 Å². The summed E-state index contributed by atoms with van der Waals surface area (Å²) < 4.78 is 5.20. The van der Waals surface area contributed by atoms with Gasteiger partial charge in [0.15, 0.2) is 0 Å². The minimum absolute atomic E-state index is 0.0598. The summed E-state index contributed by atoms with van der Waals surface area (Å²) in [6.07, 6.45) is 7.48. The number of hydrogen-bond donors (Lipinski definition) is 2. The molecule has 0 aromatic rings. The molecule has 0 saturated heterocycles. The summed E-state index contributed by atoms with van der Waals surface area (Å²) in [5, 5.41) is 2.67. The predicted octanol–water partition coefficient (Wildman–Crippen LogP) is 0.356. The zero-order valence-corrected chi connectivity index (χ0v) is 10.0. The summed E-state index contributed by atoms with van der Waals surface area (Å²) in [6.45, 7) is 1.14. The van der Waals surface area contributed by atoms with Crippen molar-refractivity contribution < 1.29 is 9.53 Å². The molecule has 0 aliphatic heterocycles. The van der Waals surface area contributed by atoms with E-state index in [4.69, 9.17) is 10.5 Å². The summed E-state index contributed by atoms with van der Waals surface area (Å²) in [7, 11) is 1.66. The third-order valence-corrected chi connectivity index (χ3v) is 2.32. The molecule has 0 aromatic heterocycles. The number of nitrogens with two attached hydrogens (primary N) is 1. The van der Waals surface area contributed by atoms with E-state index < -0.39 is 0 Å². The lowest BCUT2D eigenvalue weighted by molar-refractivity contribution is -0.115. The van der Waals surface area contributed by atoms with Gasteiger partial charge in [-0.15, -0.1) is 0 Å². The quantitative estimate of drug-likeness (QED) is 0.545. The highest BCUT2D eigenvalue weighted by Crippen LogP contribution is 2.11. The van der Waals surface area contributed by atoms with Gasteiger partial charge < -0.3 is 15.8 Å². The Kier molecular flexibility index (Phi) is 6.08. The van der Waals surface area contributed by atoms with Gasteiger partial charge in [-0.2, -0.15) is 0 Å². The molecule has 4 nitrogen and oxygen atoms in total. The summed E-state index contributed by atoms with van der Waals surface area (Å²) in [4.78, 5) is 11.3. The van der Waals surface area contributed by atoms with E-state index >= 15 is 0 Å². The van der Waals surface area contributed by atoms with Gasteiger partial charge in [0.1, 0.15) is 0 Å². The molecule has 0 saturated carbocycles. The van der Waals surface area contributed by atoms with Crippen LogP contribution in [-0.2, 0) is 9.53 Å². The zero-order chi connectivity index (χ0) is 12.5. The first-order valence-corrected chi connectivity index (χ1v) is 5.67. The predicted molar refractivity (Wildman–Crippen MR) is 67.1 cm³/mol. The van der Waals surface area contributed by atoms with Crippen molar-refractivity contribution in [2.24, 2.45) is 5.73 Å². The lowest BCUT2D eigenvalue weighted by Crippen LogP contribution is -2.24. The minimum Gasteiger partial charge on any atom is -0.377 e. The van der Waals surface area contributed by atoms with Gasteiger partial charge in [0.2, 0.25) is 0 Å². The van der Waals surface area contributed by atoms with Crippen LogP contribution in [0.25, 0.3) is 0 Å². The van der Waals surface area contributed by atoms with Gasteiger partial charge in [-0.05, 0) is 25.5 Å². The lowest BCUT2D eigenvalue weighted by Gasteiger charge is -2.11. The van der Waals surface area contributed by atoms with Crippen LogP contribution >= 0.6 is 0 Å². The van der Waals surface area contributed by atoms with E-state index in [1.54, 1.807) is 7.11 Å². The second kappa shape index (κ2) is 7.66. The topological polar surface area (TPSA) is 64.3 Å². The first-order chi connectivity index (χ1) is 8.26. The van der Waals surface area contributed by atoms with E-state index in [1.807, 2.05) is 18.2 Å². The molecule has 0 spiro atoms. The molecule has 0 heterocycles. The molecule has 1 aliphatic rings. The largest absolute Gasteiger partial charge is 0.377 e. The van der Waals surface area contributed by atoms with Crippen molar-refractivity contribution in [3.63, 3.8) is 0 Å². The number of ether oxygens (including phenoxy) is 1. The van der Waals surface area contributed by atoms with E-state index in [-0.39, 0.29) is 12.0 Å². The number of carbonyl (C=O) groups excluding carboxylic acids is 1. The second-order valence-corrected chi connectivity index (χ2v) is 3.68. The van der Waals surface area contributed by atoms with Crippen LogP contribution in [0.5, 0.6) is 0 Å². The SMILES string of the molecule is CO[C@@H]1C=C(C#CC(=O)NCCCN)C=CC1. The Bertz CT molecular complexity index is 375. The maximum Gasteiger partial charge on any atom is 0.296 e. The van der Waals surface area contributed by atoms with Gasteiger partial charge in [-0.1, -0.05) is 18.1 Å². The van der Waals surface area contributed by atoms with Crippen LogP contribution in [0, 0.1) is 11.8 Å². The first-order valence-electron chi connectivity index (χ1n) is 5.67. The number of carbonyl (C=O) groups is 1. The van der Waals surface area contributed by atoms with E-state index in [2.05, 4.69) is 17.2 Å². The fraction of sp³-hybridized carbons (Fsp3) is 0.462. The number of methoxy groups -OCH3 is 1. The number of hydrogen-bond acceptors (Lipinski definition) is 3. The monoisotopic (exact) mass is 234 g/mol. The minimum atomic E-state index is -0.271. The Balaban J connectivity index is 2.45. The Morgan fingerprint density at radius 2 is 2.53 bits per heavy atom.